The van der Waals surface area contributed by atoms with Gasteiger partial charge in [-0.15, -0.1) is 4.40 Å². The van der Waals surface area contributed by atoms with E-state index in [1.807, 2.05) is 53.1 Å². The smallest absolute Gasteiger partial charge is 0.379 e. The Bertz CT molecular complexity index is 518. The lowest BCUT2D eigenvalue weighted by Crippen LogP contribution is -2.17. The molecule has 2 heterocycles. The van der Waals surface area contributed by atoms with Crippen LogP contribution in [0.25, 0.3) is 16.8 Å². The summed E-state index contributed by atoms with van der Waals surface area (Å²) in [7, 11) is 0. The van der Waals surface area contributed by atoms with Crippen molar-refractivity contribution in [1.82, 2.24) is 0 Å². The molecule has 0 aliphatic carbocycles. The summed E-state index contributed by atoms with van der Waals surface area (Å²) in [4.78, 5) is 0. The van der Waals surface area contributed by atoms with E-state index in [1.165, 1.54) is 0 Å². The fraction of sp³-hybridized carbons (Fsp3) is 0. The minimum atomic E-state index is 0.878. The molecule has 0 radical (unpaired) electrons. The number of para-hydroxylation sites is 2. The summed E-state index contributed by atoms with van der Waals surface area (Å²) in [6.07, 6.45) is 2.00. The Kier molecular flexibility index (Phi) is 1.19. The van der Waals surface area contributed by atoms with Crippen molar-refractivity contribution in [3.63, 3.8) is 0 Å². The van der Waals surface area contributed by atoms with E-state index >= 15 is 0 Å². The fourth-order valence-electron chi connectivity index (χ4n) is 1.56. The predicted octanol–water partition coefficient (Wildman–Crippen LogP) is 2.17. The van der Waals surface area contributed by atoms with Gasteiger partial charge < -0.3 is 4.42 Å². The van der Waals surface area contributed by atoms with Crippen molar-refractivity contribution in [2.24, 2.45) is 0 Å². The molecule has 2 aromatic heterocycles. The molecule has 0 saturated carbocycles. The minimum Gasteiger partial charge on any atom is -0.398 e. The van der Waals surface area contributed by atoms with Crippen molar-refractivity contribution in [3.05, 3.63) is 48.7 Å². The highest BCUT2D eigenvalue weighted by Crippen LogP contribution is 2.12. The largest absolute Gasteiger partial charge is 0.398 e. The van der Waals surface area contributed by atoms with Crippen molar-refractivity contribution in [3.8, 4) is 0 Å². The second-order valence-electron chi connectivity index (χ2n) is 2.98. The van der Waals surface area contributed by atoms with Gasteiger partial charge in [0.05, 0.1) is 6.07 Å². The van der Waals surface area contributed by atoms with Crippen LogP contribution in [0.2, 0.25) is 0 Å². The highest BCUT2D eigenvalue weighted by molar-refractivity contribution is 5.70. The molecule has 0 saturated heterocycles. The Balaban J connectivity index is 2.64. The molecule has 0 bridgehead atoms. The molecule has 3 rings (SSSR count). The lowest BCUT2D eigenvalue weighted by Gasteiger charge is -1.78. The Morgan fingerprint density at radius 3 is 2.77 bits per heavy atom. The van der Waals surface area contributed by atoms with Crippen molar-refractivity contribution >= 4 is 16.8 Å². The number of hydrogen-bond donors (Lipinski definition) is 0. The third-order valence-electron chi connectivity index (χ3n) is 2.16. The normalized spacial score (nSPS) is 11.1. The first-order valence-electron chi connectivity index (χ1n) is 4.23. The first-order valence-corrected chi connectivity index (χ1v) is 4.23. The number of aromatic nitrogens is 1. The molecule has 2 heteroatoms. The number of fused-ring (bicyclic) bond motifs is 3. The topological polar surface area (TPSA) is 17.2 Å². The van der Waals surface area contributed by atoms with Crippen LogP contribution in [0.15, 0.2) is 53.1 Å². The molecule has 62 valence electrons. The molecule has 2 nitrogen and oxygen atoms in total. The van der Waals surface area contributed by atoms with Crippen LogP contribution < -0.4 is 4.40 Å². The molecule has 0 aliphatic heterocycles. The van der Waals surface area contributed by atoms with Crippen LogP contribution in [0, 0.1) is 0 Å². The molecule has 0 N–H and O–H groups in total. The zero-order valence-corrected chi connectivity index (χ0v) is 6.97. The van der Waals surface area contributed by atoms with E-state index in [0.717, 1.165) is 16.8 Å². The van der Waals surface area contributed by atoms with Crippen LogP contribution in [-0.4, -0.2) is 0 Å². The lowest BCUT2D eigenvalue weighted by molar-refractivity contribution is -0.485. The molecule has 13 heavy (non-hydrogen) atoms. The maximum absolute atomic E-state index is 5.62. The van der Waals surface area contributed by atoms with E-state index in [1.54, 1.807) is 0 Å². The molecule has 0 unspecified atom stereocenters. The Hall–Kier alpha value is -1.83. The van der Waals surface area contributed by atoms with Gasteiger partial charge >= 0.3 is 5.71 Å². The van der Waals surface area contributed by atoms with Crippen molar-refractivity contribution in [2.75, 3.05) is 0 Å². The van der Waals surface area contributed by atoms with E-state index in [-0.39, 0.29) is 0 Å². The second-order valence-corrected chi connectivity index (χ2v) is 2.98. The van der Waals surface area contributed by atoms with Gasteiger partial charge in [0.15, 0.2) is 6.20 Å². The highest BCUT2D eigenvalue weighted by Gasteiger charge is 2.12. The highest BCUT2D eigenvalue weighted by atomic mass is 16.3. The summed E-state index contributed by atoms with van der Waals surface area (Å²) in [6.45, 7) is 0. The Labute approximate surface area is 75.0 Å². The number of pyridine rings is 1. The molecule has 0 amide bonds. The van der Waals surface area contributed by atoms with E-state index in [4.69, 9.17) is 4.42 Å². The summed E-state index contributed by atoms with van der Waals surface area (Å²) in [5.41, 5.74) is 2.91. The Morgan fingerprint density at radius 2 is 1.77 bits per heavy atom. The molecule has 1 aromatic carbocycles. The monoisotopic (exact) mass is 170 g/mol. The number of nitrogens with zero attached hydrogens (tertiary/aromatic N) is 1. The Morgan fingerprint density at radius 1 is 0.923 bits per heavy atom. The van der Waals surface area contributed by atoms with Crippen LogP contribution in [0.1, 0.15) is 0 Å². The predicted molar refractivity (Wildman–Crippen MR) is 49.4 cm³/mol. The van der Waals surface area contributed by atoms with Crippen LogP contribution >= 0.6 is 0 Å². The molecule has 3 aromatic rings. The van der Waals surface area contributed by atoms with Gasteiger partial charge in [-0.2, -0.15) is 0 Å². The molecule has 0 aliphatic rings. The first kappa shape index (κ1) is 6.66. The van der Waals surface area contributed by atoms with Gasteiger partial charge in [-0.05, 0) is 12.1 Å². The maximum Gasteiger partial charge on any atom is 0.379 e. The van der Waals surface area contributed by atoms with Crippen LogP contribution in [0.4, 0.5) is 0 Å². The van der Waals surface area contributed by atoms with E-state index in [0.29, 0.717) is 0 Å². The van der Waals surface area contributed by atoms with Crippen molar-refractivity contribution in [1.29, 1.82) is 0 Å². The van der Waals surface area contributed by atoms with Gasteiger partial charge in [0.1, 0.15) is 0 Å². The number of benzene rings is 1. The van der Waals surface area contributed by atoms with Gasteiger partial charge in [-0.25, -0.2) is 0 Å². The van der Waals surface area contributed by atoms with Crippen molar-refractivity contribution < 1.29 is 8.82 Å². The summed E-state index contributed by atoms with van der Waals surface area (Å²) >= 11 is 0. The summed E-state index contributed by atoms with van der Waals surface area (Å²) in [5.74, 6) is 0. The zero-order valence-electron chi connectivity index (χ0n) is 6.97. The third-order valence-corrected chi connectivity index (χ3v) is 2.16. The maximum atomic E-state index is 5.62. The molecular formula is C11H8NO+. The van der Waals surface area contributed by atoms with Gasteiger partial charge in [0, 0.05) is 12.1 Å². The van der Waals surface area contributed by atoms with E-state index in [2.05, 4.69) is 0 Å². The summed E-state index contributed by atoms with van der Waals surface area (Å²) in [6, 6.07) is 13.9. The van der Waals surface area contributed by atoms with Crippen molar-refractivity contribution in [2.45, 2.75) is 0 Å². The lowest BCUT2D eigenvalue weighted by atomic mass is 10.3. The average molecular weight is 170 g/mol. The molecule has 0 fully saturated rings. The van der Waals surface area contributed by atoms with Crippen LogP contribution in [0.3, 0.4) is 0 Å². The van der Waals surface area contributed by atoms with Gasteiger partial charge in [-0.1, -0.05) is 12.1 Å². The van der Waals surface area contributed by atoms with E-state index < -0.39 is 0 Å². The average Bonchev–Trinajstić information content (AvgIpc) is 2.56. The first-order chi connectivity index (χ1) is 6.45. The van der Waals surface area contributed by atoms with Gasteiger partial charge in [0.2, 0.25) is 5.58 Å². The quantitative estimate of drug-likeness (QED) is 0.472. The summed E-state index contributed by atoms with van der Waals surface area (Å²) < 4.78 is 7.65. The van der Waals surface area contributed by atoms with Crippen LogP contribution in [0.5, 0.6) is 0 Å². The fourth-order valence-corrected chi connectivity index (χ4v) is 1.56. The second kappa shape index (κ2) is 2.33. The third kappa shape index (κ3) is 0.855. The number of oxazole rings is 1. The molecule has 0 atom stereocenters. The standard InChI is InChI=1S/C11H8NO/c1-2-6-10-9(5-1)12-8-4-3-7-11(12)13-10/h1-8H/q+1. The minimum absolute atomic E-state index is 0.878. The molecule has 0 spiro atoms. The zero-order chi connectivity index (χ0) is 8.67. The number of rotatable bonds is 0. The number of hydrogen-bond acceptors (Lipinski definition) is 1. The van der Waals surface area contributed by atoms with Gasteiger partial charge in [0.25, 0.3) is 5.52 Å². The summed E-state index contributed by atoms with van der Waals surface area (Å²) in [5, 5.41) is 0. The molecular weight excluding hydrogens is 162 g/mol. The van der Waals surface area contributed by atoms with Crippen LogP contribution in [-0.2, 0) is 0 Å². The van der Waals surface area contributed by atoms with E-state index in [9.17, 15) is 0 Å². The SMILES string of the molecule is c1ccc2c(c1)oc1cccc[n+]12. The van der Waals surface area contributed by atoms with Gasteiger partial charge in [-0.3, -0.25) is 0 Å².